The van der Waals surface area contributed by atoms with E-state index in [0.29, 0.717) is 25.4 Å². The highest BCUT2D eigenvalue weighted by Gasteiger charge is 2.34. The summed E-state index contributed by atoms with van der Waals surface area (Å²) in [4.78, 5) is 16.9. The van der Waals surface area contributed by atoms with Crippen molar-refractivity contribution in [3.8, 4) is 5.75 Å². The summed E-state index contributed by atoms with van der Waals surface area (Å²) in [6, 6.07) is 13.4. The van der Waals surface area contributed by atoms with Gasteiger partial charge in [0, 0.05) is 24.4 Å². The van der Waals surface area contributed by atoms with Gasteiger partial charge in [-0.3, -0.25) is 9.78 Å². The molecule has 2 aromatic rings. The maximum atomic E-state index is 12.5. The minimum atomic E-state index is -0.241. The van der Waals surface area contributed by atoms with Crippen molar-refractivity contribution in [2.45, 2.75) is 44.8 Å². The molecule has 26 heavy (non-hydrogen) atoms. The molecule has 1 saturated carbocycles. The molecule has 1 fully saturated rings. The third kappa shape index (κ3) is 5.05. The second-order valence-corrected chi connectivity index (χ2v) is 6.84. The number of carbonyl (C=O) groups is 1. The number of aliphatic hydroxyl groups excluding tert-OH is 1. The molecule has 0 bridgehead atoms. The maximum Gasteiger partial charge on any atom is 0.224 e. The Morgan fingerprint density at radius 2 is 2.04 bits per heavy atom. The van der Waals surface area contributed by atoms with Gasteiger partial charge in [0.05, 0.1) is 19.1 Å². The molecular weight excluding hydrogens is 328 g/mol. The van der Waals surface area contributed by atoms with Gasteiger partial charge in [0.25, 0.3) is 0 Å². The zero-order valence-electron chi connectivity index (χ0n) is 15.1. The van der Waals surface area contributed by atoms with Crippen LogP contribution in [0.25, 0.3) is 0 Å². The zero-order valence-corrected chi connectivity index (χ0v) is 15.1. The first-order valence-corrected chi connectivity index (χ1v) is 9.23. The number of benzene rings is 1. The Kier molecular flexibility index (Phi) is 6.23. The van der Waals surface area contributed by atoms with Crippen LogP contribution < -0.4 is 10.1 Å². The first-order chi connectivity index (χ1) is 12.6. The summed E-state index contributed by atoms with van der Waals surface area (Å²) in [5.74, 6) is 1.11. The summed E-state index contributed by atoms with van der Waals surface area (Å²) in [7, 11) is 0. The molecule has 1 aliphatic carbocycles. The van der Waals surface area contributed by atoms with Crippen LogP contribution in [0.1, 0.15) is 31.0 Å². The molecule has 2 N–H and O–H groups in total. The van der Waals surface area contributed by atoms with Gasteiger partial charge in [-0.1, -0.05) is 18.2 Å². The van der Waals surface area contributed by atoms with Gasteiger partial charge in [-0.15, -0.1) is 0 Å². The fraction of sp³-hybridized carbons (Fsp3) is 0.429. The normalized spacial score (nSPS) is 20.1. The van der Waals surface area contributed by atoms with Crippen LogP contribution in [0.2, 0.25) is 0 Å². The summed E-state index contributed by atoms with van der Waals surface area (Å²) in [6.45, 7) is 2.57. The van der Waals surface area contributed by atoms with Crippen molar-refractivity contribution >= 4 is 5.91 Å². The number of aromatic nitrogens is 1. The van der Waals surface area contributed by atoms with Crippen molar-refractivity contribution < 1.29 is 14.6 Å². The monoisotopic (exact) mass is 354 g/mol. The van der Waals surface area contributed by atoms with Crippen LogP contribution in [0, 0.1) is 5.92 Å². The molecule has 1 aromatic heterocycles. The molecule has 1 aliphatic rings. The Morgan fingerprint density at radius 1 is 1.27 bits per heavy atom. The van der Waals surface area contributed by atoms with E-state index in [1.807, 2.05) is 49.4 Å². The Morgan fingerprint density at radius 3 is 2.65 bits per heavy atom. The summed E-state index contributed by atoms with van der Waals surface area (Å²) in [5, 5.41) is 12.8. The van der Waals surface area contributed by atoms with Crippen LogP contribution >= 0.6 is 0 Å². The fourth-order valence-corrected chi connectivity index (χ4v) is 3.35. The number of pyridine rings is 1. The highest BCUT2D eigenvalue weighted by Crippen LogP contribution is 2.31. The number of amides is 1. The topological polar surface area (TPSA) is 71.5 Å². The molecule has 3 rings (SSSR count). The lowest BCUT2D eigenvalue weighted by Gasteiger charge is -2.38. The number of hydrogen-bond donors (Lipinski definition) is 2. The van der Waals surface area contributed by atoms with Gasteiger partial charge in [-0.25, -0.2) is 0 Å². The van der Waals surface area contributed by atoms with Crippen LogP contribution in [0.5, 0.6) is 5.75 Å². The van der Waals surface area contributed by atoms with Crippen LogP contribution in [-0.2, 0) is 17.6 Å². The minimum absolute atomic E-state index is 0.00324. The molecule has 0 aliphatic heterocycles. The lowest BCUT2D eigenvalue weighted by molar-refractivity contribution is -0.122. The van der Waals surface area contributed by atoms with Crippen molar-refractivity contribution in [1.82, 2.24) is 10.3 Å². The average Bonchev–Trinajstić information content (AvgIpc) is 2.61. The molecule has 0 spiro atoms. The SMILES string of the molecule is CCOc1ccc(CC(=O)N[C@H](Cc2ccccn2)C2CC(O)C2)cc1. The highest BCUT2D eigenvalue weighted by molar-refractivity contribution is 5.79. The second-order valence-electron chi connectivity index (χ2n) is 6.84. The number of nitrogens with one attached hydrogen (secondary N) is 1. The van der Waals surface area contributed by atoms with Gasteiger partial charge in [-0.05, 0) is 55.5 Å². The smallest absolute Gasteiger partial charge is 0.224 e. The number of hydrogen-bond acceptors (Lipinski definition) is 4. The maximum absolute atomic E-state index is 12.5. The lowest BCUT2D eigenvalue weighted by Crippen LogP contribution is -2.48. The van der Waals surface area contributed by atoms with Gasteiger partial charge in [0.1, 0.15) is 5.75 Å². The molecule has 1 heterocycles. The predicted octanol–water partition coefficient (Wildman–Crippen LogP) is 2.52. The lowest BCUT2D eigenvalue weighted by atomic mass is 9.76. The minimum Gasteiger partial charge on any atom is -0.494 e. The largest absolute Gasteiger partial charge is 0.494 e. The van der Waals surface area contributed by atoms with Crippen molar-refractivity contribution in [3.63, 3.8) is 0 Å². The van der Waals surface area contributed by atoms with Crippen LogP contribution in [0.15, 0.2) is 48.7 Å². The van der Waals surface area contributed by atoms with Gasteiger partial charge in [0.15, 0.2) is 0 Å². The van der Waals surface area contributed by atoms with E-state index < -0.39 is 0 Å². The Bertz CT molecular complexity index is 697. The molecule has 0 unspecified atom stereocenters. The van der Waals surface area contributed by atoms with Crippen molar-refractivity contribution in [1.29, 1.82) is 0 Å². The molecule has 1 amide bonds. The average molecular weight is 354 g/mol. The van der Waals surface area contributed by atoms with E-state index >= 15 is 0 Å². The second kappa shape index (κ2) is 8.81. The summed E-state index contributed by atoms with van der Waals surface area (Å²) in [6.07, 6.45) is 4.02. The molecule has 138 valence electrons. The number of aliphatic hydroxyl groups is 1. The zero-order chi connectivity index (χ0) is 18.4. The quantitative estimate of drug-likeness (QED) is 0.764. The van der Waals surface area contributed by atoms with Crippen molar-refractivity contribution in [2.75, 3.05) is 6.61 Å². The van der Waals surface area contributed by atoms with E-state index in [-0.39, 0.29) is 18.1 Å². The van der Waals surface area contributed by atoms with Gasteiger partial charge < -0.3 is 15.2 Å². The number of nitrogens with zero attached hydrogens (tertiary/aromatic N) is 1. The Balaban J connectivity index is 1.59. The van der Waals surface area contributed by atoms with Crippen LogP contribution in [0.4, 0.5) is 0 Å². The third-order valence-electron chi connectivity index (χ3n) is 4.82. The van der Waals surface area contributed by atoms with E-state index in [9.17, 15) is 9.90 Å². The van der Waals surface area contributed by atoms with Crippen molar-refractivity contribution in [2.24, 2.45) is 5.92 Å². The molecule has 5 heteroatoms. The molecule has 0 radical (unpaired) electrons. The Labute approximate surface area is 154 Å². The van der Waals surface area contributed by atoms with Crippen LogP contribution in [-0.4, -0.2) is 34.8 Å². The fourth-order valence-electron chi connectivity index (χ4n) is 3.35. The number of ether oxygens (including phenoxy) is 1. The van der Waals surface area contributed by atoms with E-state index in [1.165, 1.54) is 0 Å². The predicted molar refractivity (Wildman–Crippen MR) is 99.9 cm³/mol. The highest BCUT2D eigenvalue weighted by atomic mass is 16.5. The van der Waals surface area contributed by atoms with Gasteiger partial charge in [0.2, 0.25) is 5.91 Å². The molecule has 1 aromatic carbocycles. The van der Waals surface area contributed by atoms with Crippen molar-refractivity contribution in [3.05, 3.63) is 59.9 Å². The number of carbonyl (C=O) groups excluding carboxylic acids is 1. The summed E-state index contributed by atoms with van der Waals surface area (Å²) in [5.41, 5.74) is 1.91. The van der Waals surface area contributed by atoms with E-state index in [1.54, 1.807) is 6.20 Å². The third-order valence-corrected chi connectivity index (χ3v) is 4.82. The van der Waals surface area contributed by atoms with Crippen LogP contribution in [0.3, 0.4) is 0 Å². The molecule has 5 nitrogen and oxygen atoms in total. The first kappa shape index (κ1) is 18.4. The first-order valence-electron chi connectivity index (χ1n) is 9.23. The Hall–Kier alpha value is -2.40. The summed E-state index contributed by atoms with van der Waals surface area (Å²) >= 11 is 0. The van der Waals surface area contributed by atoms with E-state index in [0.717, 1.165) is 29.8 Å². The van der Waals surface area contributed by atoms with Gasteiger partial charge >= 0.3 is 0 Å². The summed E-state index contributed by atoms with van der Waals surface area (Å²) < 4.78 is 5.43. The van der Waals surface area contributed by atoms with E-state index in [2.05, 4.69) is 10.3 Å². The van der Waals surface area contributed by atoms with E-state index in [4.69, 9.17) is 4.74 Å². The molecule has 0 saturated heterocycles. The number of rotatable bonds is 8. The standard InChI is InChI=1S/C21H26N2O3/c1-2-26-19-8-6-15(7-9-19)11-21(25)23-20(16-12-18(24)13-16)14-17-5-3-4-10-22-17/h3-10,16,18,20,24H,2,11-14H2,1H3,(H,23,25)/t16?,18?,20-/m1/s1. The molecular formula is C21H26N2O3. The van der Waals surface area contributed by atoms with Gasteiger partial charge in [-0.2, -0.15) is 0 Å². The molecule has 1 atom stereocenters.